The molecule has 0 fully saturated rings. The van der Waals surface area contributed by atoms with E-state index in [4.69, 9.17) is 17.3 Å². The molecule has 0 atom stereocenters. The van der Waals surface area contributed by atoms with Gasteiger partial charge in [-0.3, -0.25) is 5.10 Å². The number of hydrogen-bond donors (Lipinski definition) is 2. The molecule has 1 aromatic heterocycles. The van der Waals surface area contributed by atoms with Crippen LogP contribution in [0.4, 0.5) is 5.69 Å². The van der Waals surface area contributed by atoms with Crippen LogP contribution in [0.25, 0.3) is 0 Å². The maximum absolute atomic E-state index is 5.87. The van der Waals surface area contributed by atoms with Crippen LogP contribution in [0, 0.1) is 0 Å². The Morgan fingerprint density at radius 1 is 1.43 bits per heavy atom. The number of hydrogen-bond acceptors (Lipinski definition) is 4. The van der Waals surface area contributed by atoms with Gasteiger partial charge in [0, 0.05) is 4.90 Å². The van der Waals surface area contributed by atoms with Gasteiger partial charge in [-0.05, 0) is 23.9 Å². The fraction of sp³-hybridized carbons (Fsp3) is 0. The molecule has 6 heteroatoms. The van der Waals surface area contributed by atoms with E-state index in [0.29, 0.717) is 15.9 Å². The van der Waals surface area contributed by atoms with Gasteiger partial charge in [0.15, 0.2) is 5.16 Å². The Bertz CT molecular complexity index is 429. The van der Waals surface area contributed by atoms with Crippen molar-refractivity contribution >= 4 is 29.1 Å². The van der Waals surface area contributed by atoms with E-state index in [1.54, 1.807) is 6.07 Å². The van der Waals surface area contributed by atoms with E-state index in [1.807, 2.05) is 12.1 Å². The molecule has 0 aliphatic rings. The van der Waals surface area contributed by atoms with E-state index in [9.17, 15) is 0 Å². The van der Waals surface area contributed by atoms with E-state index in [1.165, 1.54) is 18.1 Å². The number of nitrogens with two attached hydrogens (primary N) is 1. The van der Waals surface area contributed by atoms with Gasteiger partial charge in [0.2, 0.25) is 0 Å². The minimum absolute atomic E-state index is 0.550. The van der Waals surface area contributed by atoms with E-state index >= 15 is 0 Å². The molecule has 2 aromatic rings. The molecule has 14 heavy (non-hydrogen) atoms. The zero-order valence-corrected chi connectivity index (χ0v) is 8.64. The predicted molar refractivity (Wildman–Crippen MR) is 56.4 cm³/mol. The van der Waals surface area contributed by atoms with Crippen molar-refractivity contribution in [2.24, 2.45) is 0 Å². The van der Waals surface area contributed by atoms with Crippen molar-refractivity contribution < 1.29 is 0 Å². The molecule has 1 heterocycles. The number of H-pyrrole nitrogens is 1. The summed E-state index contributed by atoms with van der Waals surface area (Å²) in [7, 11) is 0. The third kappa shape index (κ3) is 1.83. The monoisotopic (exact) mass is 226 g/mol. The predicted octanol–water partition coefficient (Wildman–Crippen LogP) is 2.19. The molecule has 3 N–H and O–H groups in total. The Hall–Kier alpha value is -1.20. The molecule has 0 unspecified atom stereocenters. The summed E-state index contributed by atoms with van der Waals surface area (Å²) in [6.45, 7) is 0. The Labute approximate surface area is 89.9 Å². The number of aromatic nitrogens is 3. The number of anilines is 1. The molecule has 0 bridgehead atoms. The van der Waals surface area contributed by atoms with Gasteiger partial charge in [-0.25, -0.2) is 4.98 Å². The average molecular weight is 227 g/mol. The van der Waals surface area contributed by atoms with Crippen molar-refractivity contribution in [1.82, 2.24) is 15.2 Å². The van der Waals surface area contributed by atoms with E-state index in [0.717, 1.165) is 4.90 Å². The largest absolute Gasteiger partial charge is 0.397 e. The van der Waals surface area contributed by atoms with Gasteiger partial charge in [-0.15, -0.1) is 0 Å². The molecular formula is C8H7ClN4S. The maximum atomic E-state index is 5.87. The second kappa shape index (κ2) is 3.89. The number of nitrogen functional groups attached to an aromatic ring is 1. The van der Waals surface area contributed by atoms with Gasteiger partial charge in [0.25, 0.3) is 0 Å². The van der Waals surface area contributed by atoms with Gasteiger partial charge in [0.05, 0.1) is 10.7 Å². The molecule has 0 spiro atoms. The average Bonchev–Trinajstić information content (AvgIpc) is 2.66. The molecule has 0 radical (unpaired) electrons. The van der Waals surface area contributed by atoms with Crippen molar-refractivity contribution in [1.29, 1.82) is 0 Å². The summed E-state index contributed by atoms with van der Waals surface area (Å²) in [5, 5.41) is 7.72. The van der Waals surface area contributed by atoms with Gasteiger partial charge in [-0.2, -0.15) is 5.10 Å². The van der Waals surface area contributed by atoms with E-state index < -0.39 is 0 Å². The lowest BCUT2D eigenvalue weighted by atomic mass is 10.3. The Morgan fingerprint density at radius 2 is 2.29 bits per heavy atom. The molecule has 2 rings (SSSR count). The van der Waals surface area contributed by atoms with E-state index in [2.05, 4.69) is 15.2 Å². The zero-order chi connectivity index (χ0) is 9.97. The van der Waals surface area contributed by atoms with Crippen LogP contribution in [-0.2, 0) is 0 Å². The van der Waals surface area contributed by atoms with Crippen molar-refractivity contribution in [3.8, 4) is 0 Å². The second-order valence-corrected chi connectivity index (χ2v) is 3.98. The number of halogens is 1. The van der Waals surface area contributed by atoms with Crippen LogP contribution in [0.3, 0.4) is 0 Å². The highest BCUT2D eigenvalue weighted by molar-refractivity contribution is 7.99. The lowest BCUT2D eigenvalue weighted by molar-refractivity contribution is 0.973. The highest BCUT2D eigenvalue weighted by Gasteiger charge is 2.06. The zero-order valence-electron chi connectivity index (χ0n) is 7.07. The first-order valence-corrected chi connectivity index (χ1v) is 5.04. The summed E-state index contributed by atoms with van der Waals surface area (Å²) in [6, 6.07) is 5.48. The molecule has 72 valence electrons. The Morgan fingerprint density at radius 3 is 3.00 bits per heavy atom. The van der Waals surface area contributed by atoms with E-state index in [-0.39, 0.29) is 0 Å². The molecule has 0 saturated heterocycles. The number of nitrogens with zero attached hydrogens (tertiary/aromatic N) is 2. The highest BCUT2D eigenvalue weighted by Crippen LogP contribution is 2.33. The van der Waals surface area contributed by atoms with Crippen LogP contribution >= 0.6 is 23.4 Å². The summed E-state index contributed by atoms with van der Waals surface area (Å²) in [5.74, 6) is 0. The Kier molecular flexibility index (Phi) is 2.60. The minimum Gasteiger partial charge on any atom is -0.397 e. The van der Waals surface area contributed by atoms with Crippen LogP contribution in [0.2, 0.25) is 5.02 Å². The molecular weight excluding hydrogens is 220 g/mol. The smallest absolute Gasteiger partial charge is 0.188 e. The summed E-state index contributed by atoms with van der Waals surface area (Å²) >= 11 is 7.27. The van der Waals surface area contributed by atoms with Gasteiger partial charge >= 0.3 is 0 Å². The van der Waals surface area contributed by atoms with Crippen molar-refractivity contribution in [3.05, 3.63) is 29.5 Å². The SMILES string of the molecule is Nc1c(Cl)cccc1Sc1ncn[nH]1. The van der Waals surface area contributed by atoms with Gasteiger partial charge in [0.1, 0.15) is 6.33 Å². The number of rotatable bonds is 2. The van der Waals surface area contributed by atoms with Crippen molar-refractivity contribution in [2.75, 3.05) is 5.73 Å². The third-order valence-corrected chi connectivity index (χ3v) is 2.91. The minimum atomic E-state index is 0.550. The molecule has 0 aliphatic heterocycles. The van der Waals surface area contributed by atoms with Gasteiger partial charge in [-0.1, -0.05) is 17.7 Å². The van der Waals surface area contributed by atoms with Crippen molar-refractivity contribution in [2.45, 2.75) is 10.1 Å². The van der Waals surface area contributed by atoms with Crippen LogP contribution in [0.1, 0.15) is 0 Å². The topological polar surface area (TPSA) is 67.6 Å². The van der Waals surface area contributed by atoms with Crippen LogP contribution in [0.15, 0.2) is 34.6 Å². The van der Waals surface area contributed by atoms with Crippen molar-refractivity contribution in [3.63, 3.8) is 0 Å². The number of benzene rings is 1. The summed E-state index contributed by atoms with van der Waals surface area (Å²) in [5.41, 5.74) is 6.35. The fourth-order valence-electron chi connectivity index (χ4n) is 0.954. The molecule has 0 saturated carbocycles. The third-order valence-electron chi connectivity index (χ3n) is 1.61. The first-order valence-electron chi connectivity index (χ1n) is 3.84. The second-order valence-electron chi connectivity index (χ2n) is 2.54. The summed E-state index contributed by atoms with van der Waals surface area (Å²) in [4.78, 5) is 4.85. The maximum Gasteiger partial charge on any atom is 0.188 e. The van der Waals surface area contributed by atoms with Crippen LogP contribution in [-0.4, -0.2) is 15.2 Å². The standard InChI is InChI=1S/C8H7ClN4S/c9-5-2-1-3-6(7(5)10)14-8-11-4-12-13-8/h1-4H,10H2,(H,11,12,13). The molecule has 0 aliphatic carbocycles. The first-order chi connectivity index (χ1) is 6.77. The molecule has 4 nitrogen and oxygen atoms in total. The quantitative estimate of drug-likeness (QED) is 0.771. The highest BCUT2D eigenvalue weighted by atomic mass is 35.5. The number of nitrogens with one attached hydrogen (secondary N) is 1. The number of aromatic amines is 1. The summed E-state index contributed by atoms with van der Waals surface area (Å²) in [6.07, 6.45) is 1.45. The number of para-hydroxylation sites is 1. The molecule has 0 amide bonds. The normalized spacial score (nSPS) is 10.4. The van der Waals surface area contributed by atoms with Crippen LogP contribution < -0.4 is 5.73 Å². The summed E-state index contributed by atoms with van der Waals surface area (Å²) < 4.78 is 0. The fourth-order valence-corrected chi connectivity index (χ4v) is 1.96. The lowest BCUT2D eigenvalue weighted by Crippen LogP contribution is -1.89. The van der Waals surface area contributed by atoms with Gasteiger partial charge < -0.3 is 5.73 Å². The Balaban J connectivity index is 2.29. The molecule has 1 aromatic carbocycles. The lowest BCUT2D eigenvalue weighted by Gasteiger charge is -2.03. The van der Waals surface area contributed by atoms with Crippen LogP contribution in [0.5, 0.6) is 0 Å². The first kappa shape index (κ1) is 9.36.